The van der Waals surface area contributed by atoms with Gasteiger partial charge in [-0.25, -0.2) is 9.67 Å². The summed E-state index contributed by atoms with van der Waals surface area (Å²) in [5.74, 6) is 0.667. The molecule has 0 aliphatic heterocycles. The van der Waals surface area contributed by atoms with Crippen LogP contribution in [0.4, 0.5) is 5.69 Å². The van der Waals surface area contributed by atoms with Gasteiger partial charge in [0.15, 0.2) is 5.82 Å². The average Bonchev–Trinajstić information content (AvgIpc) is 3.35. The molecular formula is C20H20N6O. The van der Waals surface area contributed by atoms with Crippen molar-refractivity contribution in [3.05, 3.63) is 54.9 Å². The minimum atomic E-state index is -0.0109. The number of hydrogen-bond donors (Lipinski definition) is 2. The third kappa shape index (κ3) is 3.31. The monoisotopic (exact) mass is 360 g/mol. The van der Waals surface area contributed by atoms with Gasteiger partial charge in [-0.05, 0) is 24.1 Å². The number of fused-ring (bicyclic) bond motifs is 1. The molecule has 7 nitrogen and oxygen atoms in total. The van der Waals surface area contributed by atoms with E-state index in [9.17, 15) is 4.79 Å². The van der Waals surface area contributed by atoms with Crippen LogP contribution in [0.3, 0.4) is 0 Å². The molecule has 2 N–H and O–H groups in total. The van der Waals surface area contributed by atoms with E-state index in [0.29, 0.717) is 12.2 Å². The summed E-state index contributed by atoms with van der Waals surface area (Å²) in [6.45, 7) is 3.88. The zero-order valence-electron chi connectivity index (χ0n) is 15.2. The van der Waals surface area contributed by atoms with Gasteiger partial charge in [-0.2, -0.15) is 5.10 Å². The quantitative estimate of drug-likeness (QED) is 0.568. The Hall–Kier alpha value is -3.48. The molecule has 136 valence electrons. The highest BCUT2D eigenvalue weighted by atomic mass is 16.1. The topological polar surface area (TPSA) is 88.5 Å². The van der Waals surface area contributed by atoms with Crippen molar-refractivity contribution in [2.24, 2.45) is 0 Å². The zero-order chi connectivity index (χ0) is 18.8. The number of benzene rings is 1. The number of H-pyrrole nitrogens is 1. The molecule has 0 saturated carbocycles. The summed E-state index contributed by atoms with van der Waals surface area (Å²) >= 11 is 0. The van der Waals surface area contributed by atoms with Crippen LogP contribution in [0.1, 0.15) is 26.0 Å². The molecule has 0 aliphatic carbocycles. The number of aromatic nitrogens is 5. The number of nitrogens with one attached hydrogen (secondary N) is 2. The van der Waals surface area contributed by atoms with Crippen LogP contribution in [0.25, 0.3) is 27.8 Å². The average molecular weight is 360 g/mol. The number of nitrogens with zero attached hydrogens (tertiary/aromatic N) is 4. The van der Waals surface area contributed by atoms with Gasteiger partial charge in [-0.15, -0.1) is 0 Å². The molecule has 1 aromatic carbocycles. The number of aromatic amines is 1. The van der Waals surface area contributed by atoms with Gasteiger partial charge in [0.1, 0.15) is 0 Å². The predicted molar refractivity (Wildman–Crippen MR) is 105 cm³/mol. The van der Waals surface area contributed by atoms with Crippen molar-refractivity contribution >= 4 is 22.5 Å². The minimum absolute atomic E-state index is 0.0109. The Kier molecular flexibility index (Phi) is 4.42. The van der Waals surface area contributed by atoms with E-state index in [-0.39, 0.29) is 5.91 Å². The largest absolute Gasteiger partial charge is 0.359 e. The lowest BCUT2D eigenvalue weighted by Crippen LogP contribution is -2.08. The first-order valence-corrected chi connectivity index (χ1v) is 8.95. The van der Waals surface area contributed by atoms with E-state index < -0.39 is 0 Å². The van der Waals surface area contributed by atoms with Gasteiger partial charge < -0.3 is 10.3 Å². The molecular weight excluding hydrogens is 340 g/mol. The number of hydrogen-bond acceptors (Lipinski definition) is 4. The fourth-order valence-corrected chi connectivity index (χ4v) is 2.89. The number of anilines is 1. The zero-order valence-corrected chi connectivity index (χ0v) is 15.2. The molecule has 0 saturated heterocycles. The Morgan fingerprint density at radius 1 is 1.15 bits per heavy atom. The van der Waals surface area contributed by atoms with Gasteiger partial charge in [0, 0.05) is 35.3 Å². The van der Waals surface area contributed by atoms with Crippen molar-refractivity contribution in [2.75, 3.05) is 5.32 Å². The number of amides is 1. The molecule has 3 heterocycles. The van der Waals surface area contributed by atoms with Crippen LogP contribution in [0.15, 0.2) is 49.2 Å². The maximum atomic E-state index is 11.7. The number of carbonyl (C=O) groups is 1. The Morgan fingerprint density at radius 2 is 2.04 bits per heavy atom. The van der Waals surface area contributed by atoms with Gasteiger partial charge in [-0.3, -0.25) is 9.78 Å². The molecule has 0 fully saturated rings. The van der Waals surface area contributed by atoms with Crippen LogP contribution >= 0.6 is 0 Å². The SMILES string of the molecule is CCC(=O)Nc1c[nH]c2ccc(-c3cnn(-c4cnc(CC)cn4)c3)cc12. The van der Waals surface area contributed by atoms with Gasteiger partial charge >= 0.3 is 0 Å². The van der Waals surface area contributed by atoms with E-state index in [0.717, 1.165) is 39.8 Å². The molecule has 0 radical (unpaired) electrons. The Balaban J connectivity index is 1.67. The highest BCUT2D eigenvalue weighted by Crippen LogP contribution is 2.29. The first kappa shape index (κ1) is 17.0. The van der Waals surface area contributed by atoms with Gasteiger partial charge in [-0.1, -0.05) is 19.9 Å². The van der Waals surface area contributed by atoms with E-state index >= 15 is 0 Å². The Labute approximate surface area is 156 Å². The molecule has 0 atom stereocenters. The van der Waals surface area contributed by atoms with Crippen LogP contribution in [0, 0.1) is 0 Å². The van der Waals surface area contributed by atoms with Crippen molar-refractivity contribution < 1.29 is 4.79 Å². The maximum absolute atomic E-state index is 11.7. The minimum Gasteiger partial charge on any atom is -0.359 e. The molecule has 3 aromatic heterocycles. The fourth-order valence-electron chi connectivity index (χ4n) is 2.89. The molecule has 0 bridgehead atoms. The molecule has 0 spiro atoms. The molecule has 0 aliphatic rings. The van der Waals surface area contributed by atoms with Crippen molar-refractivity contribution in [3.8, 4) is 16.9 Å². The van der Waals surface area contributed by atoms with Crippen molar-refractivity contribution in [1.29, 1.82) is 0 Å². The second-order valence-electron chi connectivity index (χ2n) is 6.26. The third-order valence-corrected chi connectivity index (χ3v) is 4.48. The van der Waals surface area contributed by atoms with Crippen molar-refractivity contribution in [1.82, 2.24) is 24.7 Å². The normalized spacial score (nSPS) is 11.0. The summed E-state index contributed by atoms with van der Waals surface area (Å²) in [4.78, 5) is 23.7. The summed E-state index contributed by atoms with van der Waals surface area (Å²) in [5.41, 5.74) is 4.68. The van der Waals surface area contributed by atoms with E-state index in [2.05, 4.69) is 25.4 Å². The lowest BCUT2D eigenvalue weighted by atomic mass is 10.1. The highest BCUT2D eigenvalue weighted by Gasteiger charge is 2.10. The van der Waals surface area contributed by atoms with Crippen LogP contribution in [-0.4, -0.2) is 30.6 Å². The van der Waals surface area contributed by atoms with Gasteiger partial charge in [0.05, 0.1) is 30.0 Å². The molecule has 0 unspecified atom stereocenters. The van der Waals surface area contributed by atoms with Crippen LogP contribution in [0.2, 0.25) is 0 Å². The molecule has 27 heavy (non-hydrogen) atoms. The molecule has 4 aromatic rings. The number of rotatable bonds is 5. The summed E-state index contributed by atoms with van der Waals surface area (Å²) in [7, 11) is 0. The lowest BCUT2D eigenvalue weighted by molar-refractivity contribution is -0.115. The second kappa shape index (κ2) is 7.03. The van der Waals surface area contributed by atoms with Crippen molar-refractivity contribution in [3.63, 3.8) is 0 Å². The highest BCUT2D eigenvalue weighted by molar-refractivity contribution is 6.02. The van der Waals surface area contributed by atoms with Crippen LogP contribution < -0.4 is 5.32 Å². The Bertz CT molecular complexity index is 1090. The van der Waals surface area contributed by atoms with Crippen molar-refractivity contribution in [2.45, 2.75) is 26.7 Å². The van der Waals surface area contributed by atoms with Gasteiger partial charge in [0.25, 0.3) is 0 Å². The maximum Gasteiger partial charge on any atom is 0.224 e. The third-order valence-electron chi connectivity index (χ3n) is 4.48. The second-order valence-corrected chi connectivity index (χ2v) is 6.26. The molecule has 4 rings (SSSR count). The van der Waals surface area contributed by atoms with E-state index in [1.807, 2.05) is 44.4 Å². The predicted octanol–water partition coefficient (Wildman–Crippen LogP) is 3.72. The smallest absolute Gasteiger partial charge is 0.224 e. The number of carbonyl (C=O) groups excluding carboxylic acids is 1. The van der Waals surface area contributed by atoms with E-state index in [4.69, 9.17) is 0 Å². The summed E-state index contributed by atoms with van der Waals surface area (Å²) < 4.78 is 1.71. The Morgan fingerprint density at radius 3 is 2.78 bits per heavy atom. The molecule has 1 amide bonds. The van der Waals surface area contributed by atoms with E-state index in [1.54, 1.807) is 23.3 Å². The summed E-state index contributed by atoms with van der Waals surface area (Å²) in [6, 6.07) is 6.07. The summed E-state index contributed by atoms with van der Waals surface area (Å²) in [6.07, 6.45) is 10.3. The summed E-state index contributed by atoms with van der Waals surface area (Å²) in [5, 5.41) is 8.30. The van der Waals surface area contributed by atoms with Crippen LogP contribution in [0.5, 0.6) is 0 Å². The number of aryl methyl sites for hydroxylation is 1. The van der Waals surface area contributed by atoms with Gasteiger partial charge in [0.2, 0.25) is 5.91 Å². The standard InChI is InChI=1S/C20H20N6O/c1-3-15-9-23-19(11-21-15)26-12-14(8-24-26)13-5-6-17-16(7-13)18(10-22-17)25-20(27)4-2/h5-12,22H,3-4H2,1-2H3,(H,25,27). The first-order chi connectivity index (χ1) is 13.2. The van der Waals surface area contributed by atoms with E-state index in [1.165, 1.54) is 0 Å². The molecule has 7 heteroatoms. The fraction of sp³-hybridized carbons (Fsp3) is 0.200. The first-order valence-electron chi connectivity index (χ1n) is 8.95. The van der Waals surface area contributed by atoms with Crippen LogP contribution in [-0.2, 0) is 11.2 Å². The lowest BCUT2D eigenvalue weighted by Gasteiger charge is -2.03.